The Kier molecular flexibility index (Phi) is 9.22. The minimum atomic E-state index is -2.20. The predicted octanol–water partition coefficient (Wildman–Crippen LogP) is 5.04. The molecule has 20 heavy (non-hydrogen) atoms. The van der Waals surface area contributed by atoms with Crippen molar-refractivity contribution in [2.24, 2.45) is 0 Å². The van der Waals surface area contributed by atoms with Crippen LogP contribution in [0.5, 0.6) is 0 Å². The Morgan fingerprint density at radius 1 is 1.00 bits per heavy atom. The summed E-state index contributed by atoms with van der Waals surface area (Å²) < 4.78 is 5.18. The van der Waals surface area contributed by atoms with Crippen LogP contribution in [0.15, 0.2) is 0 Å². The van der Waals surface area contributed by atoms with Gasteiger partial charge < -0.3 is 0 Å². The molecule has 0 radical (unpaired) electrons. The zero-order chi connectivity index (χ0) is 14.8. The quantitative estimate of drug-likeness (QED) is 0.522. The summed E-state index contributed by atoms with van der Waals surface area (Å²) in [7, 11) is 0. The van der Waals surface area contributed by atoms with E-state index in [1.165, 1.54) is 58.3 Å². The number of carbonyl (C=O) groups excluding carboxylic acids is 1. The Bertz CT molecular complexity index is 258. The zero-order valence-electron chi connectivity index (χ0n) is 14.0. The van der Waals surface area contributed by atoms with Gasteiger partial charge in [-0.1, -0.05) is 0 Å². The van der Waals surface area contributed by atoms with Gasteiger partial charge in [-0.05, 0) is 0 Å². The number of amides is 1. The van der Waals surface area contributed by atoms with E-state index in [1.807, 2.05) is 0 Å². The van der Waals surface area contributed by atoms with Crippen LogP contribution in [-0.4, -0.2) is 28.3 Å². The van der Waals surface area contributed by atoms with E-state index in [4.69, 9.17) is 0 Å². The number of nitrogens with one attached hydrogen (secondary N) is 1. The molecule has 1 heterocycles. The molecule has 3 heteroatoms. The second-order valence-electron chi connectivity index (χ2n) is 6.69. The van der Waals surface area contributed by atoms with Gasteiger partial charge in [-0.3, -0.25) is 0 Å². The molecule has 1 aliphatic rings. The van der Waals surface area contributed by atoms with Crippen LogP contribution in [0.25, 0.3) is 0 Å². The van der Waals surface area contributed by atoms with Gasteiger partial charge in [-0.2, -0.15) is 0 Å². The van der Waals surface area contributed by atoms with Gasteiger partial charge in [-0.15, -0.1) is 0 Å². The molecular weight excluding hydrogens is 353 g/mol. The average molecular weight is 388 g/mol. The van der Waals surface area contributed by atoms with Crippen molar-refractivity contribution in [1.29, 1.82) is 0 Å². The fourth-order valence-corrected chi connectivity index (χ4v) is 21.6. The number of unbranched alkanes of at least 4 members (excludes halogenated alkanes) is 3. The van der Waals surface area contributed by atoms with Crippen molar-refractivity contribution >= 4 is 24.3 Å². The fraction of sp³-hybridized carbons (Fsp3) is 0.941. The second kappa shape index (κ2) is 10.1. The molecule has 0 aromatic carbocycles. The number of hydrogen-bond acceptors (Lipinski definition) is 1. The zero-order valence-corrected chi connectivity index (χ0v) is 16.8. The summed E-state index contributed by atoms with van der Waals surface area (Å²) in [6.45, 7) is 6.95. The average Bonchev–Trinajstić information content (AvgIpc) is 2.47. The summed E-state index contributed by atoms with van der Waals surface area (Å²) in [5.74, 6) is 0.340. The van der Waals surface area contributed by atoms with Crippen LogP contribution in [0.3, 0.4) is 0 Å². The Morgan fingerprint density at radius 2 is 1.50 bits per heavy atom. The summed E-state index contributed by atoms with van der Waals surface area (Å²) in [5.41, 5.74) is 0. The van der Waals surface area contributed by atoms with Crippen molar-refractivity contribution in [2.75, 3.05) is 0 Å². The van der Waals surface area contributed by atoms with E-state index >= 15 is 0 Å². The van der Waals surface area contributed by atoms with Crippen LogP contribution in [0.2, 0.25) is 13.3 Å². The summed E-state index contributed by atoms with van der Waals surface area (Å²) in [6, 6.07) is 0. The van der Waals surface area contributed by atoms with Gasteiger partial charge in [0, 0.05) is 0 Å². The van der Waals surface area contributed by atoms with Gasteiger partial charge >= 0.3 is 130 Å². The number of rotatable bonds is 10. The van der Waals surface area contributed by atoms with Crippen molar-refractivity contribution in [3.8, 4) is 0 Å². The summed E-state index contributed by atoms with van der Waals surface area (Å²) in [4.78, 5) is 11.9. The molecule has 0 bridgehead atoms. The number of carbonyl (C=O) groups is 1. The van der Waals surface area contributed by atoms with Gasteiger partial charge in [0.25, 0.3) is 0 Å². The topological polar surface area (TPSA) is 29.1 Å². The second-order valence-corrected chi connectivity index (χ2v) is 20.7. The molecule has 1 rings (SSSR count). The monoisotopic (exact) mass is 389 g/mol. The fourth-order valence-electron chi connectivity index (χ4n) is 3.75. The first kappa shape index (κ1) is 18.3. The Morgan fingerprint density at radius 3 is 1.90 bits per heavy atom. The van der Waals surface area contributed by atoms with Crippen molar-refractivity contribution in [3.05, 3.63) is 0 Å². The molecule has 1 fully saturated rings. The standard InChI is InChI=1S/C5H8NO.3C4H9.Sn/c7-5-3-1-2-4-6-5;3*1-3-4-2;/h4H,1-3H2,(H,6,7);3*1,3-4H2,2H3;. The van der Waals surface area contributed by atoms with Gasteiger partial charge in [0.1, 0.15) is 0 Å². The van der Waals surface area contributed by atoms with Gasteiger partial charge in [0.2, 0.25) is 0 Å². The predicted molar refractivity (Wildman–Crippen MR) is 90.7 cm³/mol. The molecule has 0 spiro atoms. The van der Waals surface area contributed by atoms with E-state index in [9.17, 15) is 4.79 Å². The first-order valence-electron chi connectivity index (χ1n) is 8.98. The van der Waals surface area contributed by atoms with E-state index in [1.54, 1.807) is 0 Å². The summed E-state index contributed by atoms with van der Waals surface area (Å²) >= 11 is -2.20. The normalized spacial score (nSPS) is 19.9. The molecule has 1 amide bonds. The minimum absolute atomic E-state index is 0.340. The van der Waals surface area contributed by atoms with Crippen LogP contribution in [0.4, 0.5) is 0 Å². The van der Waals surface area contributed by atoms with E-state index in [-0.39, 0.29) is 0 Å². The van der Waals surface area contributed by atoms with Crippen LogP contribution in [-0.2, 0) is 4.79 Å². The molecule has 0 aromatic rings. The first-order valence-corrected chi connectivity index (χ1v) is 16.7. The van der Waals surface area contributed by atoms with Crippen LogP contribution >= 0.6 is 0 Å². The van der Waals surface area contributed by atoms with Gasteiger partial charge in [0.05, 0.1) is 0 Å². The Balaban J connectivity index is 2.82. The SMILES string of the molecule is CCC[CH2][Sn]([CH2]CCC)([CH2]CCC)[CH]1CCCC(=O)N1. The van der Waals surface area contributed by atoms with Crippen LogP contribution in [0.1, 0.15) is 78.6 Å². The van der Waals surface area contributed by atoms with Crippen molar-refractivity contribution in [3.63, 3.8) is 0 Å². The van der Waals surface area contributed by atoms with Crippen LogP contribution in [0, 0.1) is 0 Å². The first-order chi connectivity index (χ1) is 9.68. The van der Waals surface area contributed by atoms with Crippen molar-refractivity contribution < 1.29 is 4.79 Å². The molecule has 118 valence electrons. The third-order valence-corrected chi connectivity index (χ3v) is 22.1. The van der Waals surface area contributed by atoms with Gasteiger partial charge in [0.15, 0.2) is 0 Å². The maximum absolute atomic E-state index is 11.9. The van der Waals surface area contributed by atoms with Crippen molar-refractivity contribution in [2.45, 2.75) is 95.9 Å². The third kappa shape index (κ3) is 5.57. The van der Waals surface area contributed by atoms with Crippen LogP contribution < -0.4 is 5.32 Å². The molecule has 0 aromatic heterocycles. The number of piperidine rings is 1. The summed E-state index contributed by atoms with van der Waals surface area (Å²) in [6.07, 6.45) is 11.3. The third-order valence-electron chi connectivity index (χ3n) is 5.06. The molecule has 1 atom stereocenters. The van der Waals surface area contributed by atoms with E-state index < -0.39 is 18.4 Å². The Labute approximate surface area is 130 Å². The molecule has 0 aliphatic carbocycles. The van der Waals surface area contributed by atoms with E-state index in [2.05, 4.69) is 26.1 Å². The van der Waals surface area contributed by atoms with Crippen molar-refractivity contribution in [1.82, 2.24) is 5.32 Å². The maximum atomic E-state index is 11.9. The molecule has 0 saturated carbocycles. The molecular formula is C17H35NOSn. The van der Waals surface area contributed by atoms with Gasteiger partial charge in [-0.25, -0.2) is 0 Å². The molecule has 1 aliphatic heterocycles. The Hall–Kier alpha value is 0.269. The van der Waals surface area contributed by atoms with E-state index in [0.29, 0.717) is 9.96 Å². The molecule has 1 unspecified atom stereocenters. The molecule has 2 nitrogen and oxygen atoms in total. The molecule has 1 N–H and O–H groups in total. The van der Waals surface area contributed by atoms with E-state index in [0.717, 1.165) is 12.8 Å². The number of hydrogen-bond donors (Lipinski definition) is 1. The molecule has 1 saturated heterocycles. The summed E-state index contributed by atoms with van der Waals surface area (Å²) in [5, 5.41) is 3.44.